The van der Waals surface area contributed by atoms with Gasteiger partial charge in [-0.2, -0.15) is 0 Å². The van der Waals surface area contributed by atoms with E-state index in [0.29, 0.717) is 25.1 Å². The summed E-state index contributed by atoms with van der Waals surface area (Å²) in [6, 6.07) is 20.6. The lowest BCUT2D eigenvalue weighted by atomic mass is 9.98. The van der Waals surface area contributed by atoms with E-state index in [2.05, 4.69) is 34.9 Å². The number of hydrogen-bond acceptors (Lipinski definition) is 6. The monoisotopic (exact) mass is 561 g/mol. The van der Waals surface area contributed by atoms with E-state index < -0.39 is 22.0 Å². The summed E-state index contributed by atoms with van der Waals surface area (Å²) < 4.78 is 31.4. The summed E-state index contributed by atoms with van der Waals surface area (Å²) in [6.07, 6.45) is 4.08. The molecule has 5 rings (SSSR count). The minimum atomic E-state index is -3.86. The molecule has 2 aliphatic rings. The minimum absolute atomic E-state index is 0.0345. The summed E-state index contributed by atoms with van der Waals surface area (Å²) in [5.74, 6) is -0.847. The Labute approximate surface area is 233 Å². The number of rotatable bonds is 11. The van der Waals surface area contributed by atoms with Crippen molar-refractivity contribution in [3.8, 4) is 11.1 Å². The molecule has 0 bridgehead atoms. The Bertz CT molecular complexity index is 1510. The minimum Gasteiger partial charge on any atom is -0.449 e. The van der Waals surface area contributed by atoms with Gasteiger partial charge in [0.2, 0.25) is 5.91 Å². The Morgan fingerprint density at radius 2 is 1.48 bits per heavy atom. The lowest BCUT2D eigenvalue weighted by Gasteiger charge is -2.14. The third-order valence-electron chi connectivity index (χ3n) is 7.22. The van der Waals surface area contributed by atoms with Crippen LogP contribution < -0.4 is 15.4 Å². The number of nitrogens with one attached hydrogen (secondary N) is 3. The molecule has 0 spiro atoms. The van der Waals surface area contributed by atoms with E-state index in [4.69, 9.17) is 4.74 Å². The predicted molar refractivity (Wildman–Crippen MR) is 150 cm³/mol. The van der Waals surface area contributed by atoms with Gasteiger partial charge in [-0.3, -0.25) is 9.59 Å². The van der Waals surface area contributed by atoms with Gasteiger partial charge in [0.1, 0.15) is 11.5 Å². The van der Waals surface area contributed by atoms with Crippen molar-refractivity contribution in [2.24, 2.45) is 0 Å². The second-order valence-corrected chi connectivity index (χ2v) is 11.6. The standard InChI is InChI=1S/C30H31N3O6S/c34-28(32-20-15-16-25-27(18-20)40(37,38)33-29(25)35)14-4-2-1-3-9-17-31-30(36)39-19-26-23-12-7-5-10-21(23)22-11-6-8-13-24(22)26/h5-8,10-13,15-16,18,26H,1-4,9,14,17,19H2,(H,31,36)(H,32,34)(H,33,35). The molecule has 3 N–H and O–H groups in total. The first-order valence-corrected chi connectivity index (χ1v) is 14.9. The Kier molecular flexibility index (Phi) is 8.16. The first kappa shape index (κ1) is 27.4. The second-order valence-electron chi connectivity index (χ2n) is 9.96. The van der Waals surface area contributed by atoms with Crippen LogP contribution in [0.1, 0.15) is 65.9 Å². The molecule has 1 heterocycles. The molecule has 3 aromatic carbocycles. The topological polar surface area (TPSA) is 131 Å². The average Bonchev–Trinajstić information content (AvgIpc) is 3.38. The number of carbonyl (C=O) groups is 3. The Hall–Kier alpha value is -4.18. The average molecular weight is 562 g/mol. The fourth-order valence-electron chi connectivity index (χ4n) is 5.25. The Balaban J connectivity index is 0.947. The van der Waals surface area contributed by atoms with Crippen LogP contribution in [0, 0.1) is 0 Å². The van der Waals surface area contributed by atoms with E-state index in [-0.39, 0.29) is 28.9 Å². The molecule has 1 aliphatic heterocycles. The van der Waals surface area contributed by atoms with Crippen LogP contribution in [-0.2, 0) is 19.6 Å². The van der Waals surface area contributed by atoms with Crippen molar-refractivity contribution in [2.45, 2.75) is 49.3 Å². The van der Waals surface area contributed by atoms with Crippen LogP contribution in [0.15, 0.2) is 71.6 Å². The van der Waals surface area contributed by atoms with Gasteiger partial charge < -0.3 is 15.4 Å². The van der Waals surface area contributed by atoms with Gasteiger partial charge in [-0.15, -0.1) is 0 Å². The maximum atomic E-state index is 12.3. The van der Waals surface area contributed by atoms with Crippen LogP contribution in [-0.4, -0.2) is 39.5 Å². The molecule has 0 fully saturated rings. The zero-order valence-corrected chi connectivity index (χ0v) is 22.8. The molecular formula is C30H31N3O6S. The van der Waals surface area contributed by atoms with Crippen molar-refractivity contribution < 1.29 is 27.5 Å². The van der Waals surface area contributed by atoms with Crippen LogP contribution in [0.25, 0.3) is 11.1 Å². The molecule has 0 radical (unpaired) electrons. The van der Waals surface area contributed by atoms with Crippen LogP contribution >= 0.6 is 0 Å². The van der Waals surface area contributed by atoms with Gasteiger partial charge in [-0.1, -0.05) is 67.8 Å². The van der Waals surface area contributed by atoms with E-state index >= 15 is 0 Å². The highest BCUT2D eigenvalue weighted by Crippen LogP contribution is 2.44. The molecule has 0 saturated carbocycles. The summed E-state index contributed by atoms with van der Waals surface area (Å²) in [6.45, 7) is 0.813. The Morgan fingerprint density at radius 1 is 0.825 bits per heavy atom. The fourth-order valence-corrected chi connectivity index (χ4v) is 6.44. The lowest BCUT2D eigenvalue weighted by Crippen LogP contribution is -2.27. The molecule has 3 amide bonds. The van der Waals surface area contributed by atoms with Gasteiger partial charge in [-0.25, -0.2) is 17.9 Å². The summed E-state index contributed by atoms with van der Waals surface area (Å²) in [5.41, 5.74) is 5.16. The first-order chi connectivity index (χ1) is 19.3. The van der Waals surface area contributed by atoms with Crippen LogP contribution in [0.5, 0.6) is 0 Å². The highest BCUT2D eigenvalue weighted by Gasteiger charge is 2.32. The van der Waals surface area contributed by atoms with Crippen LogP contribution in [0.2, 0.25) is 0 Å². The van der Waals surface area contributed by atoms with Crippen molar-refractivity contribution in [3.63, 3.8) is 0 Å². The zero-order chi connectivity index (χ0) is 28.1. The highest BCUT2D eigenvalue weighted by molar-refractivity contribution is 7.90. The summed E-state index contributed by atoms with van der Waals surface area (Å²) >= 11 is 0. The number of alkyl carbamates (subject to hydrolysis) is 1. The van der Waals surface area contributed by atoms with Crippen molar-refractivity contribution in [3.05, 3.63) is 83.4 Å². The second kappa shape index (κ2) is 11.9. The van der Waals surface area contributed by atoms with Crippen molar-refractivity contribution >= 4 is 33.6 Å². The predicted octanol–water partition coefficient (Wildman–Crippen LogP) is 4.94. The molecule has 1 aliphatic carbocycles. The van der Waals surface area contributed by atoms with E-state index in [1.165, 1.54) is 40.5 Å². The third kappa shape index (κ3) is 6.02. The number of fused-ring (bicyclic) bond motifs is 4. The van der Waals surface area contributed by atoms with Crippen molar-refractivity contribution in [2.75, 3.05) is 18.5 Å². The smallest absolute Gasteiger partial charge is 0.407 e. The van der Waals surface area contributed by atoms with Gasteiger partial charge in [0, 0.05) is 24.6 Å². The Morgan fingerprint density at radius 3 is 2.20 bits per heavy atom. The number of ether oxygens (including phenoxy) is 1. The largest absolute Gasteiger partial charge is 0.449 e. The summed E-state index contributed by atoms with van der Waals surface area (Å²) in [5, 5.41) is 5.51. The van der Waals surface area contributed by atoms with Gasteiger partial charge in [-0.05, 0) is 53.3 Å². The lowest BCUT2D eigenvalue weighted by molar-refractivity contribution is -0.116. The van der Waals surface area contributed by atoms with Gasteiger partial charge >= 0.3 is 6.09 Å². The molecular weight excluding hydrogens is 530 g/mol. The SMILES string of the molecule is O=C(CCCCCCCNC(=O)OCC1c2ccccc2-c2ccccc21)Nc1ccc2c(c1)S(=O)(=O)NC2=O. The zero-order valence-electron chi connectivity index (χ0n) is 21.9. The molecule has 0 unspecified atom stereocenters. The summed E-state index contributed by atoms with van der Waals surface area (Å²) in [7, 11) is -3.86. The molecule has 208 valence electrons. The fraction of sp³-hybridized carbons (Fsp3) is 0.300. The van der Waals surface area contributed by atoms with Crippen molar-refractivity contribution in [1.29, 1.82) is 0 Å². The van der Waals surface area contributed by atoms with Crippen molar-refractivity contribution in [1.82, 2.24) is 10.0 Å². The number of hydrogen-bond donors (Lipinski definition) is 3. The molecule has 0 atom stereocenters. The molecule has 40 heavy (non-hydrogen) atoms. The number of amides is 3. The van der Waals surface area contributed by atoms with Gasteiger partial charge in [0.25, 0.3) is 15.9 Å². The summed E-state index contributed by atoms with van der Waals surface area (Å²) in [4.78, 5) is 36.0. The van der Waals surface area contributed by atoms with Gasteiger partial charge in [0.05, 0.1) is 5.56 Å². The molecule has 9 nitrogen and oxygen atoms in total. The van der Waals surface area contributed by atoms with Crippen LogP contribution in [0.4, 0.5) is 10.5 Å². The molecule has 0 aromatic heterocycles. The first-order valence-electron chi connectivity index (χ1n) is 13.4. The quantitative estimate of drug-likeness (QED) is 0.285. The maximum Gasteiger partial charge on any atom is 0.407 e. The number of carbonyl (C=O) groups excluding carboxylic acids is 3. The molecule has 3 aromatic rings. The normalized spacial score (nSPS) is 14.6. The molecule has 10 heteroatoms. The van der Waals surface area contributed by atoms with Crippen LogP contribution in [0.3, 0.4) is 0 Å². The maximum absolute atomic E-state index is 12.3. The molecule has 0 saturated heterocycles. The van der Waals surface area contributed by atoms with E-state index in [9.17, 15) is 22.8 Å². The van der Waals surface area contributed by atoms with E-state index in [1.807, 2.05) is 29.0 Å². The number of anilines is 1. The van der Waals surface area contributed by atoms with E-state index in [1.54, 1.807) is 0 Å². The number of unbranched alkanes of at least 4 members (excludes halogenated alkanes) is 4. The highest BCUT2D eigenvalue weighted by atomic mass is 32.2. The number of sulfonamides is 1. The van der Waals surface area contributed by atoms with E-state index in [0.717, 1.165) is 25.7 Å². The number of benzene rings is 3. The van der Waals surface area contributed by atoms with Gasteiger partial charge in [0.15, 0.2) is 0 Å². The third-order valence-corrected chi connectivity index (χ3v) is 8.59.